The number of nitrogens with zero attached hydrogens (tertiary/aromatic N) is 3. The molecular weight excluding hydrogens is 591 g/mol. The zero-order chi connectivity index (χ0) is 27.4. The monoisotopic (exact) mass is 612 g/mol. The molecule has 2 aliphatic rings. The number of carbonyl (C=O) groups excluding carboxylic acids is 2. The van der Waals surface area contributed by atoms with E-state index < -0.39 is 23.3 Å². The summed E-state index contributed by atoms with van der Waals surface area (Å²) in [4.78, 5) is 47.8. The number of allylic oxidation sites excluding steroid dienone is 1. The highest BCUT2D eigenvalue weighted by atomic mass is 35.5. The maximum atomic E-state index is 12.9. The molecule has 1 fully saturated rings. The van der Waals surface area contributed by atoms with Crippen molar-refractivity contribution in [1.29, 1.82) is 0 Å². The van der Waals surface area contributed by atoms with Gasteiger partial charge in [0.15, 0.2) is 5.16 Å². The van der Waals surface area contributed by atoms with Crippen molar-refractivity contribution in [1.82, 2.24) is 20.2 Å². The summed E-state index contributed by atoms with van der Waals surface area (Å²) < 4.78 is 0. The molecule has 15 heteroatoms. The summed E-state index contributed by atoms with van der Waals surface area (Å²) in [6, 6.07) is 5.77. The quantitative estimate of drug-likeness (QED) is 0.177. The maximum Gasteiger partial charge on any atom is 0.352 e. The molecule has 5 N–H and O–H groups in total. The number of anilines is 2. The van der Waals surface area contributed by atoms with Crippen LogP contribution >= 0.6 is 58.5 Å². The first-order chi connectivity index (χ1) is 18.2. The van der Waals surface area contributed by atoms with Gasteiger partial charge in [0.1, 0.15) is 28.7 Å². The van der Waals surface area contributed by atoms with Crippen molar-refractivity contribution in [3.8, 4) is 0 Å². The van der Waals surface area contributed by atoms with Gasteiger partial charge in [0.05, 0.1) is 10.8 Å². The van der Waals surface area contributed by atoms with Gasteiger partial charge in [0.25, 0.3) is 5.91 Å². The zero-order valence-corrected chi connectivity index (χ0v) is 23.8. The van der Waals surface area contributed by atoms with Gasteiger partial charge in [-0.15, -0.1) is 23.5 Å². The van der Waals surface area contributed by atoms with Crippen LogP contribution in [0.15, 0.2) is 57.7 Å². The molecule has 2 aliphatic heterocycles. The highest BCUT2D eigenvalue weighted by molar-refractivity contribution is 8.00. The minimum Gasteiger partial charge on any atom is -0.477 e. The summed E-state index contributed by atoms with van der Waals surface area (Å²) in [5, 5.41) is 16.4. The van der Waals surface area contributed by atoms with Crippen LogP contribution in [0.25, 0.3) is 0 Å². The van der Waals surface area contributed by atoms with Gasteiger partial charge in [-0.05, 0) is 23.8 Å². The van der Waals surface area contributed by atoms with Gasteiger partial charge in [0, 0.05) is 34.5 Å². The number of carbonyl (C=O) groups is 3. The highest BCUT2D eigenvalue weighted by Crippen LogP contribution is 2.41. The normalized spacial score (nSPS) is 18.8. The molecule has 0 radical (unpaired) electrons. The Morgan fingerprint density at radius 1 is 1.29 bits per heavy atom. The fraction of sp³-hybridized carbons (Fsp3) is 0.261. The van der Waals surface area contributed by atoms with Crippen molar-refractivity contribution in [2.24, 2.45) is 0 Å². The summed E-state index contributed by atoms with van der Waals surface area (Å²) in [6.45, 7) is 0. The Balaban J connectivity index is 1.36. The molecule has 0 saturated carbocycles. The predicted molar refractivity (Wildman–Crippen MR) is 153 cm³/mol. The number of thioether (sulfide) groups is 3. The van der Waals surface area contributed by atoms with Gasteiger partial charge < -0.3 is 21.5 Å². The molecule has 2 amide bonds. The number of β-lactam (4-membered cyclic amide) rings is 1. The average Bonchev–Trinajstić information content (AvgIpc) is 2.89. The van der Waals surface area contributed by atoms with Crippen LogP contribution in [0.2, 0.25) is 10.0 Å². The second kappa shape index (κ2) is 12.5. The third-order valence-corrected chi connectivity index (χ3v) is 9.21. The van der Waals surface area contributed by atoms with E-state index in [4.69, 9.17) is 28.9 Å². The first-order valence-electron chi connectivity index (χ1n) is 11.1. The topological polar surface area (TPSA) is 151 Å². The van der Waals surface area contributed by atoms with Crippen molar-refractivity contribution < 1.29 is 19.5 Å². The average molecular weight is 614 g/mol. The molecule has 2 aromatic rings. The zero-order valence-electron chi connectivity index (χ0n) is 19.8. The molecule has 0 bridgehead atoms. The second-order valence-electron chi connectivity index (χ2n) is 7.92. The van der Waals surface area contributed by atoms with E-state index >= 15 is 0 Å². The van der Waals surface area contributed by atoms with Crippen LogP contribution in [0.5, 0.6) is 0 Å². The van der Waals surface area contributed by atoms with E-state index in [1.807, 2.05) is 0 Å². The first kappa shape index (κ1) is 28.4. The Labute approximate surface area is 241 Å². The fourth-order valence-electron chi connectivity index (χ4n) is 3.67. The summed E-state index contributed by atoms with van der Waals surface area (Å²) in [6.07, 6.45) is 3.48. The molecule has 1 saturated heterocycles. The van der Waals surface area contributed by atoms with Crippen molar-refractivity contribution in [2.75, 3.05) is 35.4 Å². The van der Waals surface area contributed by atoms with Crippen LogP contribution in [0.4, 0.5) is 11.6 Å². The van der Waals surface area contributed by atoms with Crippen molar-refractivity contribution in [3.05, 3.63) is 57.7 Å². The van der Waals surface area contributed by atoms with E-state index in [9.17, 15) is 19.5 Å². The van der Waals surface area contributed by atoms with Crippen LogP contribution in [-0.2, 0) is 14.4 Å². The van der Waals surface area contributed by atoms with Gasteiger partial charge in [-0.3, -0.25) is 14.5 Å². The number of benzene rings is 1. The molecule has 0 aliphatic carbocycles. The first-order valence-corrected chi connectivity index (χ1v) is 14.9. The number of rotatable bonds is 10. The van der Waals surface area contributed by atoms with Crippen LogP contribution in [-0.4, -0.2) is 73.5 Å². The smallest absolute Gasteiger partial charge is 0.352 e. The lowest BCUT2D eigenvalue weighted by molar-refractivity contribution is -0.150. The fourth-order valence-corrected chi connectivity index (χ4v) is 6.96. The van der Waals surface area contributed by atoms with Crippen LogP contribution in [0.3, 0.4) is 0 Å². The van der Waals surface area contributed by atoms with E-state index in [-0.39, 0.29) is 17.4 Å². The SMILES string of the molecule is CNc1cc(N)nc(SC/C=C/C2=C(C(=O)O)N3C(=O)[C@@H](NC(=O)CSc4cc(Cl)ccc4Cl)[C@H]3SC2)n1. The number of aliphatic carboxylic acids is 1. The largest absolute Gasteiger partial charge is 0.477 e. The Hall–Kier alpha value is -2.58. The lowest BCUT2D eigenvalue weighted by Crippen LogP contribution is -2.70. The van der Waals surface area contributed by atoms with Gasteiger partial charge in [-0.2, -0.15) is 0 Å². The number of aromatic nitrogens is 2. The number of hydrogen-bond acceptors (Lipinski definition) is 10. The second-order valence-corrected chi connectivity index (χ2v) is 11.9. The number of carboxylic acids is 1. The van der Waals surface area contributed by atoms with Crippen molar-refractivity contribution >= 4 is 87.9 Å². The summed E-state index contributed by atoms with van der Waals surface area (Å²) in [5.74, 6) is -0.227. The molecule has 2 atom stereocenters. The molecule has 10 nitrogen and oxygen atoms in total. The van der Waals surface area contributed by atoms with E-state index in [1.54, 1.807) is 43.5 Å². The third-order valence-electron chi connectivity index (χ3n) is 5.38. The van der Waals surface area contributed by atoms with Crippen LogP contribution in [0.1, 0.15) is 0 Å². The summed E-state index contributed by atoms with van der Waals surface area (Å²) in [5.41, 5.74) is 6.21. The molecule has 0 spiro atoms. The van der Waals surface area contributed by atoms with E-state index in [2.05, 4.69) is 20.6 Å². The summed E-state index contributed by atoms with van der Waals surface area (Å²) >= 11 is 16.1. The number of nitrogen functional groups attached to an aromatic ring is 1. The van der Waals surface area contributed by atoms with Crippen molar-refractivity contribution in [2.45, 2.75) is 21.5 Å². The molecule has 1 aromatic carbocycles. The van der Waals surface area contributed by atoms with Crippen molar-refractivity contribution in [3.63, 3.8) is 0 Å². The number of nitrogens with one attached hydrogen (secondary N) is 2. The number of hydrogen-bond donors (Lipinski definition) is 4. The van der Waals surface area contributed by atoms with Crippen LogP contribution < -0.4 is 16.4 Å². The summed E-state index contributed by atoms with van der Waals surface area (Å²) in [7, 11) is 1.73. The Bertz CT molecular complexity index is 1340. The van der Waals surface area contributed by atoms with E-state index in [0.717, 1.165) is 0 Å². The minimum absolute atomic E-state index is 0.0289. The molecule has 200 valence electrons. The maximum absolute atomic E-state index is 12.9. The Morgan fingerprint density at radius 2 is 2.08 bits per heavy atom. The van der Waals surface area contributed by atoms with Crippen LogP contribution in [0, 0.1) is 0 Å². The Morgan fingerprint density at radius 3 is 2.82 bits per heavy atom. The van der Waals surface area contributed by atoms with E-state index in [0.29, 0.717) is 48.8 Å². The minimum atomic E-state index is -1.20. The van der Waals surface area contributed by atoms with Gasteiger partial charge in [0.2, 0.25) is 5.91 Å². The molecule has 1 aromatic heterocycles. The number of halogens is 2. The number of nitrogens with two attached hydrogens (primary N) is 1. The predicted octanol–water partition coefficient (Wildman–Crippen LogP) is 3.59. The molecule has 4 rings (SSSR count). The molecule has 0 unspecified atom stereocenters. The van der Waals surface area contributed by atoms with Gasteiger partial charge >= 0.3 is 5.97 Å². The Kier molecular flexibility index (Phi) is 9.36. The highest BCUT2D eigenvalue weighted by Gasteiger charge is 2.53. The van der Waals surface area contributed by atoms with Gasteiger partial charge in [-0.1, -0.05) is 47.1 Å². The molecule has 3 heterocycles. The van der Waals surface area contributed by atoms with Gasteiger partial charge in [-0.25, -0.2) is 14.8 Å². The molecule has 38 heavy (non-hydrogen) atoms. The lowest BCUT2D eigenvalue weighted by atomic mass is 10.0. The van der Waals surface area contributed by atoms with E-state index in [1.165, 1.54) is 40.2 Å². The number of amides is 2. The molecular formula is C23H22Cl2N6O4S3. The number of fused-ring (bicyclic) bond motifs is 1. The lowest BCUT2D eigenvalue weighted by Gasteiger charge is -2.49. The third kappa shape index (κ3) is 6.52. The standard InChI is InChI=1S/C23H22Cl2N6O4S3/c1-27-16-8-15(26)28-23(29-16)36-6-2-3-11-9-38-21-18(20(33)31(21)19(11)22(34)35)30-17(32)10-37-14-7-12(24)4-5-13(14)25/h2-5,7-8,18,21H,6,9-10H2,1H3,(H,30,32)(H,34,35)(H3,26,27,28,29)/b3-2+/t18-,21-/m1/s1. The number of carboxylic acid groups (broad SMARTS) is 1.